The number of aliphatic hydroxyl groups is 1. The van der Waals surface area contributed by atoms with E-state index in [9.17, 15) is 0 Å². The molecular weight excluding hydrogens is 534 g/mol. The van der Waals surface area contributed by atoms with Gasteiger partial charge in [0.2, 0.25) is 0 Å². The van der Waals surface area contributed by atoms with Crippen molar-refractivity contribution in [1.82, 2.24) is 0 Å². The normalized spacial score (nSPS) is 13.8. The molecule has 0 unspecified atom stereocenters. The Morgan fingerprint density at radius 2 is 1.65 bits per heavy atom. The molecule has 1 N–H and O–H groups in total. The molecule has 0 bridgehead atoms. The topological polar surface area (TPSA) is 16.0 Å². The molecule has 0 saturated carbocycles. The molecule has 0 fully saturated rings. The van der Waals surface area contributed by atoms with E-state index in [2.05, 4.69) is 61.4 Å². The molecule has 1 heterocycles. The van der Waals surface area contributed by atoms with Crippen LogP contribution in [0.15, 0.2) is 53.1 Å². The van der Waals surface area contributed by atoms with Crippen LogP contribution in [-0.4, -0.2) is 15.5 Å². The number of benzene rings is 2. The summed E-state index contributed by atoms with van der Waals surface area (Å²) in [7, 11) is 11.7. The Morgan fingerprint density at radius 3 is 2.13 bits per heavy atom. The fraction of sp³-hybridized carbons (Fsp3) is 0.360. The number of anilines is 1. The molecule has 0 atom stereocenters. The summed E-state index contributed by atoms with van der Waals surface area (Å²) in [6, 6.07) is 14.6. The summed E-state index contributed by atoms with van der Waals surface area (Å²) in [6.07, 6.45) is 2.46. The summed E-state index contributed by atoms with van der Waals surface area (Å²) in [5, 5.41) is 0. The van der Waals surface area contributed by atoms with Crippen LogP contribution in [0.4, 0.5) is 5.69 Å². The van der Waals surface area contributed by atoms with Crippen molar-refractivity contribution in [2.24, 2.45) is 0 Å². The maximum absolute atomic E-state index is 5.83. The van der Waals surface area contributed by atoms with Crippen LogP contribution < -0.4 is 4.90 Å². The fourth-order valence-corrected chi connectivity index (χ4v) is 5.88. The van der Waals surface area contributed by atoms with Crippen LogP contribution in [0.1, 0.15) is 58.2 Å². The molecule has 172 valence electrons. The molecular formula is C25H33Cl2NORuS. The molecule has 0 spiro atoms. The Morgan fingerprint density at radius 1 is 1.03 bits per heavy atom. The third kappa shape index (κ3) is 7.63. The van der Waals surface area contributed by atoms with Gasteiger partial charge >= 0.3 is 97.8 Å². The van der Waals surface area contributed by atoms with Crippen molar-refractivity contribution in [3.8, 4) is 5.75 Å². The van der Waals surface area contributed by atoms with Gasteiger partial charge in [0.1, 0.15) is 0 Å². The van der Waals surface area contributed by atoms with Crippen molar-refractivity contribution in [3.05, 3.63) is 75.6 Å². The number of allylic oxidation sites excluding steroid dienone is 2. The Balaban J connectivity index is 0.000000225. The standard InChI is InChI=1S/C15H20NS.C10H12O.2ClH.Ru/c1-5-13-8-7-9-14(6-2)15(13)16-10-17-12(4)11(16)3;1-8(2)11-10-7-5-4-6-9(10)3;;;/h7-10H,5-6H2,1-4H3;3-8H,1-2H3;2*1H;/q-1;;;;+2/p-1. The van der Waals surface area contributed by atoms with Gasteiger partial charge in [0.25, 0.3) is 0 Å². The summed E-state index contributed by atoms with van der Waals surface area (Å²) < 4.78 is 6.41. The number of halogens is 2. The zero-order valence-electron chi connectivity index (χ0n) is 19.1. The van der Waals surface area contributed by atoms with Crippen LogP contribution >= 0.6 is 31.1 Å². The summed E-state index contributed by atoms with van der Waals surface area (Å²) >= 11 is 0.0770. The molecule has 6 heteroatoms. The van der Waals surface area contributed by atoms with Gasteiger partial charge in [-0.25, -0.2) is 0 Å². The fourth-order valence-electron chi connectivity index (χ4n) is 3.26. The average Bonchev–Trinajstić information content (AvgIpc) is 3.06. The summed E-state index contributed by atoms with van der Waals surface area (Å²) in [5.41, 5.74) is 6.69. The number of rotatable bonds is 6. The molecule has 3 rings (SSSR count). The molecule has 2 aromatic rings. The second kappa shape index (κ2) is 13.0. The van der Waals surface area contributed by atoms with E-state index in [0.29, 0.717) is 0 Å². The van der Waals surface area contributed by atoms with Crippen molar-refractivity contribution in [2.45, 2.75) is 60.5 Å². The summed E-state index contributed by atoms with van der Waals surface area (Å²) in [4.78, 5) is 3.76. The number of aryl methyl sites for hydroxylation is 2. The third-order valence-electron chi connectivity index (χ3n) is 4.93. The van der Waals surface area contributed by atoms with Crippen LogP contribution in [0, 0.1) is 5.88 Å². The Bertz CT molecular complexity index is 917. The number of hydrogen-bond acceptors (Lipinski definition) is 2. The van der Waals surface area contributed by atoms with Crippen LogP contribution in [0.2, 0.25) is 0 Å². The first kappa shape index (κ1) is 26.5. The van der Waals surface area contributed by atoms with E-state index in [0.717, 1.165) is 24.2 Å². The van der Waals surface area contributed by atoms with Crippen molar-refractivity contribution >= 4 is 41.4 Å². The Hall–Kier alpha value is -0.797. The number of para-hydroxylation sites is 2. The molecule has 0 amide bonds. The van der Waals surface area contributed by atoms with E-state index < -0.39 is 13.5 Å². The first-order valence-electron chi connectivity index (χ1n) is 10.5. The molecule has 31 heavy (non-hydrogen) atoms. The van der Waals surface area contributed by atoms with E-state index in [1.165, 1.54) is 27.4 Å². The van der Waals surface area contributed by atoms with Gasteiger partial charge in [0.05, 0.1) is 0 Å². The average molecular weight is 568 g/mol. The summed E-state index contributed by atoms with van der Waals surface area (Å²) in [5.74, 6) is 3.21. The second-order valence-corrected chi connectivity index (χ2v) is 14.2. The number of hydrogen-bond donors (Lipinski definition) is 0. The zero-order valence-corrected chi connectivity index (χ0v) is 23.2. The number of thioether (sulfide) groups is 1. The van der Waals surface area contributed by atoms with Crippen LogP contribution in [0.3, 0.4) is 0 Å². The van der Waals surface area contributed by atoms with E-state index in [-0.39, 0.29) is 6.10 Å². The van der Waals surface area contributed by atoms with Gasteiger partial charge in [-0.05, 0) is 48.4 Å². The van der Waals surface area contributed by atoms with Gasteiger partial charge in [-0.15, -0.1) is 0 Å². The summed E-state index contributed by atoms with van der Waals surface area (Å²) in [6.45, 7) is 13.0. The molecule has 0 aromatic heterocycles. The minimum Gasteiger partial charge on any atom is -0.487 e. The number of aromatic hydroxyl groups is 1. The third-order valence-corrected chi connectivity index (χ3v) is 7.73. The molecule has 2 nitrogen and oxygen atoms in total. The molecule has 0 radical (unpaired) electrons. The van der Waals surface area contributed by atoms with Gasteiger partial charge in [0.15, 0.2) is 0 Å². The second-order valence-electron chi connectivity index (χ2n) is 7.46. The first-order valence-corrected chi connectivity index (χ1v) is 16.8. The van der Waals surface area contributed by atoms with Crippen LogP contribution in [0.25, 0.3) is 0 Å². The SMILES string of the molecule is CC(C)[OH+]c1ccccc1[CH]=[Ru]([Cl])[Cl].CCc1cccc(CC)c1N1[CH-]SC(C)=C1C. The predicted octanol–water partition coefficient (Wildman–Crippen LogP) is 8.15. The number of ether oxygens (including phenoxy) is 1. The minimum absolute atomic E-state index is 0.288. The zero-order chi connectivity index (χ0) is 23.0. The van der Waals surface area contributed by atoms with Crippen molar-refractivity contribution in [1.29, 1.82) is 0 Å². The molecule has 0 saturated heterocycles. The molecule has 2 aromatic carbocycles. The van der Waals surface area contributed by atoms with Gasteiger partial charge in [-0.3, -0.25) is 11.8 Å². The smallest absolute Gasteiger partial charge is 0.0183 e. The minimum atomic E-state index is -1.75. The van der Waals surface area contributed by atoms with E-state index in [1.54, 1.807) is 0 Å². The molecule has 1 aliphatic rings. The van der Waals surface area contributed by atoms with Crippen LogP contribution in [-0.2, 0) is 26.4 Å². The van der Waals surface area contributed by atoms with Crippen molar-refractivity contribution in [2.75, 3.05) is 4.90 Å². The van der Waals surface area contributed by atoms with Gasteiger partial charge in [0, 0.05) is 5.69 Å². The van der Waals surface area contributed by atoms with Crippen LogP contribution in [0.5, 0.6) is 5.75 Å². The van der Waals surface area contributed by atoms with Gasteiger partial charge in [-0.1, -0.05) is 32.0 Å². The van der Waals surface area contributed by atoms with E-state index in [4.69, 9.17) is 19.4 Å². The van der Waals surface area contributed by atoms with Gasteiger partial charge < -0.3 is 4.90 Å². The monoisotopic (exact) mass is 567 g/mol. The predicted molar refractivity (Wildman–Crippen MR) is 138 cm³/mol. The van der Waals surface area contributed by atoms with Gasteiger partial charge in [-0.2, -0.15) is 5.88 Å². The van der Waals surface area contributed by atoms with E-state index >= 15 is 0 Å². The number of nitrogens with zero attached hydrogens (tertiary/aromatic N) is 1. The Labute approximate surface area is 205 Å². The molecule has 1 aliphatic heterocycles. The maximum Gasteiger partial charge on any atom is 0.0183 e. The van der Waals surface area contributed by atoms with E-state index in [1.807, 2.05) is 54.5 Å². The van der Waals surface area contributed by atoms with Crippen molar-refractivity contribution in [3.63, 3.8) is 0 Å². The first-order chi connectivity index (χ1) is 14.8. The maximum atomic E-state index is 5.83. The van der Waals surface area contributed by atoms with Crippen molar-refractivity contribution < 1.29 is 18.3 Å². The Kier molecular flexibility index (Phi) is 11.1. The largest absolute Gasteiger partial charge is 0.487 e. The quantitative estimate of drug-likeness (QED) is 0.199. The molecule has 0 aliphatic carbocycles.